The number of esters is 2. The smallest absolute Gasteiger partial charge is 0.462 e. The Kier molecular flexibility index (Phi) is 39.6. The molecule has 0 amide bonds. The van der Waals surface area contributed by atoms with Crippen molar-refractivity contribution in [2.75, 3.05) is 13.2 Å². The zero-order valence-electron chi connectivity index (χ0n) is 34.9. The minimum Gasteiger partial charge on any atom is -0.462 e. The van der Waals surface area contributed by atoms with Gasteiger partial charge in [0, 0.05) is 12.8 Å². The molecule has 1 atom stereocenters. The summed E-state index contributed by atoms with van der Waals surface area (Å²) in [6.07, 6.45) is 48.6. The zero-order chi connectivity index (χ0) is 39.6. The standard InChI is InChI=1S/C45H83O8P/c1-3-5-7-9-11-13-15-17-19-21-22-24-26-28-30-32-34-36-38-40-45(47)53-43(42-52-54(48,49)50)41-51-44(46)39-37-35-33-31-29-27-25-23-20-18-16-14-12-10-8-6-4-2/h11,13,17-20,43H,3-10,12,14-16,21-42H2,1-2H3,(H2,48,49,50)/b13-11-,19-17-,20-18-/t43-/m1/s1. The van der Waals surface area contributed by atoms with E-state index in [1.807, 2.05) is 0 Å². The van der Waals surface area contributed by atoms with E-state index in [0.717, 1.165) is 64.2 Å². The molecule has 0 rings (SSSR count). The molecule has 54 heavy (non-hydrogen) atoms. The Morgan fingerprint density at radius 2 is 0.833 bits per heavy atom. The minimum absolute atomic E-state index is 0.207. The van der Waals surface area contributed by atoms with Crippen LogP contribution in [-0.4, -0.2) is 41.0 Å². The molecule has 8 nitrogen and oxygen atoms in total. The van der Waals surface area contributed by atoms with Gasteiger partial charge < -0.3 is 19.3 Å². The fourth-order valence-electron chi connectivity index (χ4n) is 6.28. The molecule has 0 bridgehead atoms. The molecule has 0 aliphatic heterocycles. The van der Waals surface area contributed by atoms with Crippen molar-refractivity contribution in [3.05, 3.63) is 36.5 Å². The molecular weight excluding hydrogens is 699 g/mol. The van der Waals surface area contributed by atoms with Gasteiger partial charge in [0.05, 0.1) is 6.61 Å². The highest BCUT2D eigenvalue weighted by Gasteiger charge is 2.22. The van der Waals surface area contributed by atoms with E-state index in [1.54, 1.807) is 0 Å². The summed E-state index contributed by atoms with van der Waals surface area (Å²) in [4.78, 5) is 42.9. The van der Waals surface area contributed by atoms with E-state index in [9.17, 15) is 14.2 Å². The van der Waals surface area contributed by atoms with E-state index >= 15 is 0 Å². The first-order valence-electron chi connectivity index (χ1n) is 22.3. The summed E-state index contributed by atoms with van der Waals surface area (Å²) in [6.45, 7) is 3.67. The van der Waals surface area contributed by atoms with E-state index in [0.29, 0.717) is 6.42 Å². The maximum Gasteiger partial charge on any atom is 0.469 e. The van der Waals surface area contributed by atoms with Crippen LogP contribution in [0.5, 0.6) is 0 Å². The molecule has 0 aliphatic carbocycles. The second kappa shape index (κ2) is 40.9. The third-order valence-electron chi connectivity index (χ3n) is 9.63. The summed E-state index contributed by atoms with van der Waals surface area (Å²) in [5, 5.41) is 0. The lowest BCUT2D eigenvalue weighted by molar-refractivity contribution is -0.161. The van der Waals surface area contributed by atoms with Crippen molar-refractivity contribution in [2.24, 2.45) is 0 Å². The van der Waals surface area contributed by atoms with Crippen LogP contribution < -0.4 is 0 Å². The lowest BCUT2D eigenvalue weighted by Crippen LogP contribution is -2.29. The Morgan fingerprint density at radius 1 is 0.481 bits per heavy atom. The monoisotopic (exact) mass is 783 g/mol. The Hall–Kier alpha value is -1.73. The topological polar surface area (TPSA) is 119 Å². The molecule has 0 saturated heterocycles. The zero-order valence-corrected chi connectivity index (χ0v) is 35.8. The van der Waals surface area contributed by atoms with Crippen LogP contribution in [0.15, 0.2) is 36.5 Å². The van der Waals surface area contributed by atoms with Crippen molar-refractivity contribution in [1.29, 1.82) is 0 Å². The van der Waals surface area contributed by atoms with Crippen LogP contribution in [0.1, 0.15) is 219 Å². The largest absolute Gasteiger partial charge is 0.469 e. The van der Waals surface area contributed by atoms with Crippen LogP contribution >= 0.6 is 7.82 Å². The quantitative estimate of drug-likeness (QED) is 0.0272. The van der Waals surface area contributed by atoms with Gasteiger partial charge in [0.15, 0.2) is 6.10 Å². The van der Waals surface area contributed by atoms with Gasteiger partial charge in [-0.1, -0.05) is 172 Å². The SMILES string of the molecule is CCCCC/C=C\C/C=C\CCCCCCCCCCCC(=O)O[C@H](COC(=O)CCCCCCCCC/C=C\CCCCCCCC)COP(=O)(O)O. The van der Waals surface area contributed by atoms with Crippen LogP contribution in [0.3, 0.4) is 0 Å². The number of carbonyl (C=O) groups is 2. The number of allylic oxidation sites excluding steroid dienone is 6. The molecule has 0 fully saturated rings. The lowest BCUT2D eigenvalue weighted by Gasteiger charge is -2.18. The Labute approximate surface area is 332 Å². The third-order valence-corrected chi connectivity index (χ3v) is 10.1. The highest BCUT2D eigenvalue weighted by Crippen LogP contribution is 2.36. The molecular formula is C45H83O8P. The molecule has 9 heteroatoms. The Bertz CT molecular complexity index is 973. The van der Waals surface area contributed by atoms with Crippen molar-refractivity contribution in [1.82, 2.24) is 0 Å². The van der Waals surface area contributed by atoms with E-state index in [-0.39, 0.29) is 19.4 Å². The van der Waals surface area contributed by atoms with Gasteiger partial charge in [-0.05, 0) is 70.6 Å². The van der Waals surface area contributed by atoms with Gasteiger partial charge in [-0.2, -0.15) is 0 Å². The number of hydrogen-bond donors (Lipinski definition) is 2. The van der Waals surface area contributed by atoms with Gasteiger partial charge in [0.2, 0.25) is 0 Å². The molecule has 0 unspecified atom stereocenters. The normalized spacial score (nSPS) is 12.7. The second-order valence-electron chi connectivity index (χ2n) is 15.0. The maximum absolute atomic E-state index is 12.4. The average molecular weight is 783 g/mol. The molecule has 0 aromatic heterocycles. The van der Waals surface area contributed by atoms with E-state index in [2.05, 4.69) is 54.8 Å². The van der Waals surface area contributed by atoms with Crippen LogP contribution in [0.4, 0.5) is 0 Å². The van der Waals surface area contributed by atoms with E-state index in [1.165, 1.54) is 122 Å². The van der Waals surface area contributed by atoms with Crippen LogP contribution in [0.2, 0.25) is 0 Å². The summed E-state index contributed by atoms with van der Waals surface area (Å²) < 4.78 is 26.4. The molecule has 0 saturated carbocycles. The molecule has 2 N–H and O–H groups in total. The van der Waals surface area contributed by atoms with Gasteiger partial charge in [-0.15, -0.1) is 0 Å². The van der Waals surface area contributed by atoms with Gasteiger partial charge in [0.1, 0.15) is 6.61 Å². The molecule has 0 heterocycles. The van der Waals surface area contributed by atoms with Gasteiger partial charge in [-0.25, -0.2) is 4.57 Å². The van der Waals surface area contributed by atoms with E-state index in [4.69, 9.17) is 19.3 Å². The summed E-state index contributed by atoms with van der Waals surface area (Å²) in [6, 6.07) is 0. The molecule has 0 spiro atoms. The van der Waals surface area contributed by atoms with Gasteiger partial charge in [-0.3, -0.25) is 14.1 Å². The highest BCUT2D eigenvalue weighted by molar-refractivity contribution is 7.46. The second-order valence-corrected chi connectivity index (χ2v) is 16.3. The first kappa shape index (κ1) is 52.3. The first-order valence-corrected chi connectivity index (χ1v) is 23.8. The summed E-state index contributed by atoms with van der Waals surface area (Å²) in [5.41, 5.74) is 0. The van der Waals surface area contributed by atoms with Crippen molar-refractivity contribution < 1.29 is 37.9 Å². The van der Waals surface area contributed by atoms with Gasteiger partial charge in [0.25, 0.3) is 0 Å². The number of carbonyl (C=O) groups excluding carboxylic acids is 2. The van der Waals surface area contributed by atoms with Crippen molar-refractivity contribution in [3.63, 3.8) is 0 Å². The highest BCUT2D eigenvalue weighted by atomic mass is 31.2. The Balaban J connectivity index is 3.89. The number of phosphoric ester groups is 1. The van der Waals surface area contributed by atoms with Crippen LogP contribution in [0.25, 0.3) is 0 Å². The number of unbranched alkanes of at least 4 members (excludes halogenated alkanes) is 25. The molecule has 0 aromatic carbocycles. The fourth-order valence-corrected chi connectivity index (χ4v) is 6.64. The minimum atomic E-state index is -4.76. The fraction of sp³-hybridized carbons (Fsp3) is 0.822. The summed E-state index contributed by atoms with van der Waals surface area (Å²) in [7, 11) is -4.76. The molecule has 0 radical (unpaired) electrons. The van der Waals surface area contributed by atoms with Crippen molar-refractivity contribution in [3.8, 4) is 0 Å². The molecule has 316 valence electrons. The van der Waals surface area contributed by atoms with Crippen LogP contribution in [-0.2, 0) is 28.2 Å². The summed E-state index contributed by atoms with van der Waals surface area (Å²) >= 11 is 0. The average Bonchev–Trinajstić information content (AvgIpc) is 3.14. The number of hydrogen-bond acceptors (Lipinski definition) is 6. The van der Waals surface area contributed by atoms with Crippen molar-refractivity contribution in [2.45, 2.75) is 225 Å². The first-order chi connectivity index (χ1) is 26.3. The predicted octanol–water partition coefficient (Wildman–Crippen LogP) is 13.7. The number of ether oxygens (including phenoxy) is 2. The van der Waals surface area contributed by atoms with Crippen LogP contribution in [0, 0.1) is 0 Å². The maximum atomic E-state index is 12.4. The number of rotatable bonds is 41. The lowest BCUT2D eigenvalue weighted by atomic mass is 10.1. The third kappa shape index (κ3) is 43.0. The predicted molar refractivity (Wildman–Crippen MR) is 225 cm³/mol. The van der Waals surface area contributed by atoms with Gasteiger partial charge >= 0.3 is 19.8 Å². The Morgan fingerprint density at radius 3 is 1.28 bits per heavy atom. The molecule has 0 aromatic rings. The van der Waals surface area contributed by atoms with E-state index < -0.39 is 32.5 Å². The summed E-state index contributed by atoms with van der Waals surface area (Å²) in [5.74, 6) is -0.889. The molecule has 0 aliphatic rings. The number of phosphoric acid groups is 1. The van der Waals surface area contributed by atoms with Crippen molar-refractivity contribution >= 4 is 19.8 Å².